The summed E-state index contributed by atoms with van der Waals surface area (Å²) in [6, 6.07) is 9.67. The van der Waals surface area contributed by atoms with Gasteiger partial charge in [0.2, 0.25) is 10.0 Å². The van der Waals surface area contributed by atoms with Gasteiger partial charge in [0.1, 0.15) is 23.0 Å². The topological polar surface area (TPSA) is 79.2 Å². The molecule has 0 amide bonds. The maximum Gasteiger partial charge on any atom is 0.232 e. The number of fused-ring (bicyclic) bond motifs is 1. The van der Waals surface area contributed by atoms with Crippen LogP contribution in [0, 0.1) is 5.82 Å². The molecule has 1 aliphatic carbocycles. The summed E-state index contributed by atoms with van der Waals surface area (Å²) in [5.41, 5.74) is 3.29. The third-order valence-electron chi connectivity index (χ3n) is 5.86. The minimum Gasteiger partial charge on any atom is -0.455 e. The number of nitrogens with one attached hydrogen (secondary N) is 1. The SMILES string of the molecule is CS(=O)(=O)N(CCCF)c1cc2oc(-c3ccc(F)cc3)c(-c3ncc[nH]3)c2cc1C1CC1. The molecule has 0 atom stereocenters. The third kappa shape index (κ3) is 4.13. The van der Waals surface area contributed by atoms with Crippen molar-refractivity contribution in [1.29, 1.82) is 0 Å². The molecule has 0 unspecified atom stereocenters. The zero-order valence-electron chi connectivity index (χ0n) is 18.0. The molecule has 33 heavy (non-hydrogen) atoms. The number of aromatic amines is 1. The Labute approximate surface area is 190 Å². The van der Waals surface area contributed by atoms with Gasteiger partial charge in [-0.25, -0.2) is 17.8 Å². The van der Waals surface area contributed by atoms with E-state index >= 15 is 0 Å². The van der Waals surface area contributed by atoms with Gasteiger partial charge in [0.25, 0.3) is 0 Å². The molecule has 0 bridgehead atoms. The van der Waals surface area contributed by atoms with Crippen molar-refractivity contribution in [1.82, 2.24) is 9.97 Å². The fourth-order valence-electron chi connectivity index (χ4n) is 4.20. The Morgan fingerprint density at radius 3 is 2.58 bits per heavy atom. The molecule has 1 fully saturated rings. The van der Waals surface area contributed by atoms with E-state index in [1.54, 1.807) is 30.6 Å². The summed E-state index contributed by atoms with van der Waals surface area (Å²) in [6.07, 6.45) is 6.50. The highest BCUT2D eigenvalue weighted by Crippen LogP contribution is 2.49. The number of furan rings is 1. The van der Waals surface area contributed by atoms with Gasteiger partial charge in [-0.15, -0.1) is 0 Å². The van der Waals surface area contributed by atoms with Gasteiger partial charge in [-0.2, -0.15) is 0 Å². The van der Waals surface area contributed by atoms with Crippen molar-refractivity contribution >= 4 is 26.7 Å². The monoisotopic (exact) mass is 471 g/mol. The van der Waals surface area contributed by atoms with Crippen LogP contribution >= 0.6 is 0 Å². The van der Waals surface area contributed by atoms with Crippen molar-refractivity contribution in [3.63, 3.8) is 0 Å². The smallest absolute Gasteiger partial charge is 0.232 e. The van der Waals surface area contributed by atoms with Crippen LogP contribution in [0.5, 0.6) is 0 Å². The number of H-pyrrole nitrogens is 1. The lowest BCUT2D eigenvalue weighted by Crippen LogP contribution is -2.32. The Hall–Kier alpha value is -3.20. The van der Waals surface area contributed by atoms with Crippen LogP contribution in [-0.4, -0.2) is 37.9 Å². The molecule has 0 aliphatic heterocycles. The van der Waals surface area contributed by atoms with Crippen molar-refractivity contribution in [2.75, 3.05) is 23.8 Å². The van der Waals surface area contributed by atoms with E-state index in [4.69, 9.17) is 4.42 Å². The minimum absolute atomic E-state index is 0.0527. The molecular weight excluding hydrogens is 448 g/mol. The first kappa shape index (κ1) is 21.6. The third-order valence-corrected chi connectivity index (χ3v) is 7.04. The summed E-state index contributed by atoms with van der Waals surface area (Å²) >= 11 is 0. The van der Waals surface area contributed by atoms with Gasteiger partial charge in [-0.3, -0.25) is 8.70 Å². The molecule has 0 saturated heterocycles. The number of aromatic nitrogens is 2. The Bertz CT molecular complexity index is 1390. The highest BCUT2D eigenvalue weighted by atomic mass is 32.2. The Kier molecular flexibility index (Phi) is 5.44. The lowest BCUT2D eigenvalue weighted by Gasteiger charge is -2.24. The van der Waals surface area contributed by atoms with Crippen LogP contribution in [-0.2, 0) is 10.0 Å². The van der Waals surface area contributed by atoms with Crippen molar-refractivity contribution in [2.45, 2.75) is 25.2 Å². The molecule has 172 valence electrons. The second kappa shape index (κ2) is 8.30. The summed E-state index contributed by atoms with van der Waals surface area (Å²) in [7, 11) is -3.63. The van der Waals surface area contributed by atoms with Crippen molar-refractivity contribution in [2.24, 2.45) is 0 Å². The molecule has 1 saturated carbocycles. The summed E-state index contributed by atoms with van der Waals surface area (Å²) in [4.78, 5) is 7.52. The standard InChI is InChI=1S/C24H23F2N3O3S/c1-33(30,31)29(12-2-9-25)20-14-21-19(13-18(20)15-3-4-15)22(24-27-10-11-28-24)23(32-21)16-5-7-17(26)8-6-16/h5-8,10-11,13-15H,2-4,9,12H2,1H3,(H,27,28). The molecule has 4 aromatic rings. The molecule has 5 rings (SSSR count). The maximum atomic E-state index is 13.5. The number of imidazole rings is 1. The van der Waals surface area contributed by atoms with E-state index in [1.807, 2.05) is 6.07 Å². The van der Waals surface area contributed by atoms with E-state index in [2.05, 4.69) is 9.97 Å². The van der Waals surface area contributed by atoms with Crippen LogP contribution in [0.4, 0.5) is 14.5 Å². The van der Waals surface area contributed by atoms with Crippen molar-refractivity contribution in [3.8, 4) is 22.7 Å². The van der Waals surface area contributed by atoms with Gasteiger partial charge in [-0.05, 0) is 61.1 Å². The first-order valence-corrected chi connectivity index (χ1v) is 12.6. The minimum atomic E-state index is -3.63. The van der Waals surface area contributed by atoms with E-state index < -0.39 is 16.7 Å². The van der Waals surface area contributed by atoms with Crippen LogP contribution in [0.2, 0.25) is 0 Å². The van der Waals surface area contributed by atoms with Crippen LogP contribution in [0.25, 0.3) is 33.7 Å². The highest BCUT2D eigenvalue weighted by Gasteiger charge is 2.32. The van der Waals surface area contributed by atoms with Crippen LogP contribution in [0.3, 0.4) is 0 Å². The number of nitrogens with zero attached hydrogens (tertiary/aromatic N) is 2. The zero-order valence-corrected chi connectivity index (χ0v) is 18.8. The van der Waals surface area contributed by atoms with Gasteiger partial charge in [0, 0.05) is 36.0 Å². The molecule has 1 N–H and O–H groups in total. The van der Waals surface area contributed by atoms with Crippen LogP contribution in [0.1, 0.15) is 30.7 Å². The van der Waals surface area contributed by atoms with Gasteiger partial charge in [0.05, 0.1) is 24.2 Å². The average molecular weight is 472 g/mol. The fourth-order valence-corrected chi connectivity index (χ4v) is 5.17. The maximum absolute atomic E-state index is 13.5. The Balaban J connectivity index is 1.77. The van der Waals surface area contributed by atoms with E-state index in [1.165, 1.54) is 16.4 Å². The first-order valence-electron chi connectivity index (χ1n) is 10.8. The van der Waals surface area contributed by atoms with Gasteiger partial charge < -0.3 is 9.40 Å². The molecule has 1 aliphatic rings. The molecular formula is C24H23F2N3O3S. The number of halogens is 2. The predicted molar refractivity (Wildman–Crippen MR) is 124 cm³/mol. The zero-order chi connectivity index (χ0) is 23.2. The number of rotatable bonds is 8. The number of hydrogen-bond acceptors (Lipinski definition) is 4. The summed E-state index contributed by atoms with van der Waals surface area (Å²) in [5.74, 6) is 0.977. The van der Waals surface area contributed by atoms with Crippen LogP contribution in [0.15, 0.2) is 53.2 Å². The van der Waals surface area contributed by atoms with Gasteiger partial charge in [-0.1, -0.05) is 0 Å². The largest absolute Gasteiger partial charge is 0.455 e. The number of alkyl halides is 1. The second-order valence-electron chi connectivity index (χ2n) is 8.31. The number of anilines is 1. The normalized spacial score (nSPS) is 14.2. The summed E-state index contributed by atoms with van der Waals surface area (Å²) in [6.45, 7) is -0.553. The Morgan fingerprint density at radius 2 is 1.97 bits per heavy atom. The van der Waals surface area contributed by atoms with Gasteiger partial charge in [0.15, 0.2) is 0 Å². The van der Waals surface area contributed by atoms with Crippen LogP contribution < -0.4 is 4.31 Å². The first-order chi connectivity index (χ1) is 15.9. The number of benzene rings is 2. The molecule has 2 heterocycles. The van der Waals surface area contributed by atoms with E-state index in [-0.39, 0.29) is 24.7 Å². The van der Waals surface area contributed by atoms with E-state index in [9.17, 15) is 17.2 Å². The quantitative estimate of drug-likeness (QED) is 0.361. The lowest BCUT2D eigenvalue weighted by atomic mass is 10.0. The predicted octanol–water partition coefficient (Wildman–Crippen LogP) is 5.63. The van der Waals surface area contributed by atoms with Crippen molar-refractivity contribution < 1.29 is 21.6 Å². The Morgan fingerprint density at radius 1 is 1.21 bits per heavy atom. The van der Waals surface area contributed by atoms with E-state index in [0.717, 1.165) is 35.6 Å². The molecule has 0 radical (unpaired) electrons. The molecule has 0 spiro atoms. The summed E-state index contributed by atoms with van der Waals surface area (Å²) < 4.78 is 59.2. The summed E-state index contributed by atoms with van der Waals surface area (Å²) in [5, 5.41) is 0.786. The van der Waals surface area contributed by atoms with Gasteiger partial charge >= 0.3 is 0 Å². The van der Waals surface area contributed by atoms with Crippen molar-refractivity contribution in [3.05, 3.63) is 60.2 Å². The molecule has 6 nitrogen and oxygen atoms in total. The average Bonchev–Trinajstić information content (AvgIpc) is 3.35. The highest BCUT2D eigenvalue weighted by molar-refractivity contribution is 7.92. The number of hydrogen-bond donors (Lipinski definition) is 1. The molecule has 2 aromatic heterocycles. The number of sulfonamides is 1. The fraction of sp³-hybridized carbons (Fsp3) is 0.292. The molecule has 9 heteroatoms. The lowest BCUT2D eigenvalue weighted by molar-refractivity contribution is 0.476. The molecule has 2 aromatic carbocycles. The van der Waals surface area contributed by atoms with E-state index in [0.29, 0.717) is 28.4 Å². The second-order valence-corrected chi connectivity index (χ2v) is 10.2.